The molecule has 1 aliphatic heterocycles. The van der Waals surface area contributed by atoms with Crippen LogP contribution in [0.4, 0.5) is 14.6 Å². The Labute approximate surface area is 149 Å². The Morgan fingerprint density at radius 1 is 1.12 bits per heavy atom. The normalized spacial score (nSPS) is 17.1. The lowest BCUT2D eigenvalue weighted by Gasteiger charge is -2.14. The lowest BCUT2D eigenvalue weighted by atomic mass is 10.0. The van der Waals surface area contributed by atoms with Gasteiger partial charge in [-0.2, -0.15) is 0 Å². The fraction of sp³-hybridized carbons (Fsp3) is 0.316. The third-order valence-corrected chi connectivity index (χ3v) is 4.54. The van der Waals surface area contributed by atoms with E-state index in [0.717, 1.165) is 35.8 Å². The largest absolute Gasteiger partial charge is 0.376 e. The monoisotopic (exact) mass is 356 g/mol. The summed E-state index contributed by atoms with van der Waals surface area (Å²) >= 11 is 0. The molecule has 1 N–H and O–H groups in total. The molecule has 0 radical (unpaired) electrons. The Kier molecular flexibility index (Phi) is 4.71. The number of halogens is 2. The van der Waals surface area contributed by atoms with E-state index in [4.69, 9.17) is 4.74 Å². The topological polar surface area (TPSA) is 59.9 Å². The van der Waals surface area contributed by atoms with Gasteiger partial charge in [-0.1, -0.05) is 24.3 Å². The maximum Gasteiger partial charge on any atom is 0.263 e. The van der Waals surface area contributed by atoms with Gasteiger partial charge in [0.2, 0.25) is 0 Å². The first-order valence-electron chi connectivity index (χ1n) is 8.57. The molecule has 0 bridgehead atoms. The lowest BCUT2D eigenvalue weighted by molar-refractivity contribution is 0.120. The van der Waals surface area contributed by atoms with Gasteiger partial charge in [-0.15, -0.1) is 10.2 Å². The van der Waals surface area contributed by atoms with Gasteiger partial charge in [-0.05, 0) is 18.9 Å². The molecular weight excluding hydrogens is 338 g/mol. The predicted octanol–water partition coefficient (Wildman–Crippen LogP) is 4.22. The van der Waals surface area contributed by atoms with E-state index in [1.807, 2.05) is 6.07 Å². The Balaban J connectivity index is 1.67. The summed E-state index contributed by atoms with van der Waals surface area (Å²) < 4.78 is 31.2. The molecule has 134 valence electrons. The quantitative estimate of drug-likeness (QED) is 0.742. The second-order valence-electron chi connectivity index (χ2n) is 6.26. The van der Waals surface area contributed by atoms with Crippen LogP contribution in [0.2, 0.25) is 0 Å². The van der Waals surface area contributed by atoms with Crippen LogP contribution < -0.4 is 5.32 Å². The molecule has 5 nitrogen and oxygen atoms in total. The van der Waals surface area contributed by atoms with Gasteiger partial charge < -0.3 is 10.1 Å². The summed E-state index contributed by atoms with van der Waals surface area (Å²) in [6, 6.07) is 7.98. The minimum Gasteiger partial charge on any atom is -0.376 e. The standard InChI is InChI=1S/C19H18F2N4O/c20-18(21)13-5-3-12(4-6-13)17-15-7-8-22-11-16(15)19(25-24-17)23-10-14-2-1-9-26-14/h3-8,11,14,18H,1-2,9-10H2,(H,23,25)/t14-/m1/s1. The predicted molar refractivity (Wildman–Crippen MR) is 95.2 cm³/mol. The van der Waals surface area contributed by atoms with Crippen molar-refractivity contribution in [3.05, 3.63) is 48.3 Å². The molecule has 3 aromatic rings. The van der Waals surface area contributed by atoms with Crippen molar-refractivity contribution in [2.75, 3.05) is 18.5 Å². The number of aromatic nitrogens is 3. The van der Waals surface area contributed by atoms with Crippen LogP contribution in [0.15, 0.2) is 42.7 Å². The number of fused-ring (bicyclic) bond motifs is 1. The smallest absolute Gasteiger partial charge is 0.263 e. The Hall–Kier alpha value is -2.67. The minimum absolute atomic E-state index is 0.0115. The van der Waals surface area contributed by atoms with Crippen molar-refractivity contribution >= 4 is 16.6 Å². The number of benzene rings is 1. The van der Waals surface area contributed by atoms with Gasteiger partial charge in [0.05, 0.1) is 6.10 Å². The second kappa shape index (κ2) is 7.29. The summed E-state index contributed by atoms with van der Waals surface area (Å²) in [5.41, 5.74) is 1.37. The van der Waals surface area contributed by atoms with Crippen LogP contribution in [0.1, 0.15) is 24.8 Å². The molecule has 0 unspecified atom stereocenters. The zero-order chi connectivity index (χ0) is 17.9. The summed E-state index contributed by atoms with van der Waals surface area (Å²) in [5, 5.41) is 13.6. The minimum atomic E-state index is -2.49. The molecule has 0 spiro atoms. The highest BCUT2D eigenvalue weighted by Crippen LogP contribution is 2.30. The van der Waals surface area contributed by atoms with Crippen molar-refractivity contribution in [1.82, 2.24) is 15.2 Å². The number of nitrogens with one attached hydrogen (secondary N) is 1. The van der Waals surface area contributed by atoms with E-state index in [0.29, 0.717) is 18.1 Å². The average Bonchev–Trinajstić information content (AvgIpc) is 3.20. The highest BCUT2D eigenvalue weighted by atomic mass is 19.3. The number of anilines is 1. The van der Waals surface area contributed by atoms with Crippen LogP contribution in [0, 0.1) is 0 Å². The van der Waals surface area contributed by atoms with Crippen LogP contribution in [0.25, 0.3) is 22.0 Å². The highest BCUT2D eigenvalue weighted by molar-refractivity contribution is 5.99. The molecule has 1 fully saturated rings. The fourth-order valence-electron chi connectivity index (χ4n) is 3.14. The number of hydrogen-bond acceptors (Lipinski definition) is 5. The molecule has 0 aliphatic carbocycles. The van der Waals surface area contributed by atoms with Crippen LogP contribution in [-0.2, 0) is 4.74 Å². The van der Waals surface area contributed by atoms with Gasteiger partial charge in [0, 0.05) is 47.4 Å². The Morgan fingerprint density at radius 2 is 1.96 bits per heavy atom. The third-order valence-electron chi connectivity index (χ3n) is 4.54. The number of alkyl halides is 2. The highest BCUT2D eigenvalue weighted by Gasteiger charge is 2.17. The molecule has 1 aromatic carbocycles. The van der Waals surface area contributed by atoms with Gasteiger partial charge in [0.15, 0.2) is 5.82 Å². The summed E-state index contributed by atoms with van der Waals surface area (Å²) in [6.45, 7) is 1.47. The van der Waals surface area contributed by atoms with Crippen molar-refractivity contribution in [3.63, 3.8) is 0 Å². The van der Waals surface area contributed by atoms with Crippen molar-refractivity contribution in [1.29, 1.82) is 0 Å². The molecule has 2 aromatic heterocycles. The summed E-state index contributed by atoms with van der Waals surface area (Å²) in [6.07, 6.45) is 3.23. The van der Waals surface area contributed by atoms with E-state index in [1.54, 1.807) is 24.5 Å². The molecule has 1 atom stereocenters. The Morgan fingerprint density at radius 3 is 2.69 bits per heavy atom. The maximum absolute atomic E-state index is 12.8. The lowest BCUT2D eigenvalue weighted by Crippen LogP contribution is -2.19. The van der Waals surface area contributed by atoms with Gasteiger partial charge in [-0.3, -0.25) is 4.98 Å². The van der Waals surface area contributed by atoms with Gasteiger partial charge >= 0.3 is 0 Å². The molecule has 3 heterocycles. The van der Waals surface area contributed by atoms with Crippen LogP contribution in [-0.4, -0.2) is 34.4 Å². The van der Waals surface area contributed by atoms with E-state index >= 15 is 0 Å². The molecule has 26 heavy (non-hydrogen) atoms. The zero-order valence-electron chi connectivity index (χ0n) is 14.0. The maximum atomic E-state index is 12.8. The van der Waals surface area contributed by atoms with Gasteiger partial charge in [0.25, 0.3) is 6.43 Å². The van der Waals surface area contributed by atoms with E-state index < -0.39 is 6.43 Å². The van der Waals surface area contributed by atoms with Crippen molar-refractivity contribution in [3.8, 4) is 11.3 Å². The molecule has 7 heteroatoms. The van der Waals surface area contributed by atoms with Gasteiger partial charge in [-0.25, -0.2) is 8.78 Å². The molecule has 1 aliphatic rings. The van der Waals surface area contributed by atoms with Crippen molar-refractivity contribution < 1.29 is 13.5 Å². The van der Waals surface area contributed by atoms with E-state index in [-0.39, 0.29) is 11.7 Å². The van der Waals surface area contributed by atoms with Crippen LogP contribution >= 0.6 is 0 Å². The summed E-state index contributed by atoms with van der Waals surface area (Å²) in [7, 11) is 0. The zero-order valence-corrected chi connectivity index (χ0v) is 14.0. The number of pyridine rings is 1. The first-order valence-corrected chi connectivity index (χ1v) is 8.57. The first-order chi connectivity index (χ1) is 12.7. The second-order valence-corrected chi connectivity index (χ2v) is 6.26. The number of hydrogen-bond donors (Lipinski definition) is 1. The SMILES string of the molecule is FC(F)c1ccc(-c2nnc(NC[C@H]3CCCO3)c3cnccc23)cc1. The summed E-state index contributed by atoms with van der Waals surface area (Å²) in [5.74, 6) is 0.650. The fourth-order valence-corrected chi connectivity index (χ4v) is 3.14. The van der Waals surface area contributed by atoms with Crippen LogP contribution in [0.5, 0.6) is 0 Å². The molecular formula is C19H18F2N4O. The summed E-state index contributed by atoms with van der Waals surface area (Å²) in [4.78, 5) is 4.19. The van der Waals surface area contributed by atoms with E-state index in [9.17, 15) is 8.78 Å². The van der Waals surface area contributed by atoms with E-state index in [2.05, 4.69) is 20.5 Å². The van der Waals surface area contributed by atoms with Gasteiger partial charge in [0.1, 0.15) is 5.69 Å². The third kappa shape index (κ3) is 3.35. The first kappa shape index (κ1) is 16.8. The number of ether oxygens (including phenoxy) is 1. The molecule has 1 saturated heterocycles. The van der Waals surface area contributed by atoms with Crippen molar-refractivity contribution in [2.45, 2.75) is 25.4 Å². The van der Waals surface area contributed by atoms with Crippen molar-refractivity contribution in [2.24, 2.45) is 0 Å². The average molecular weight is 356 g/mol. The van der Waals surface area contributed by atoms with E-state index in [1.165, 1.54) is 12.1 Å². The number of rotatable bonds is 5. The molecule has 0 saturated carbocycles. The number of nitrogens with zero attached hydrogens (tertiary/aromatic N) is 3. The molecule has 4 rings (SSSR count). The van der Waals surface area contributed by atoms with Crippen LogP contribution in [0.3, 0.4) is 0 Å². The Bertz CT molecular complexity index is 896. The molecule has 0 amide bonds.